The fourth-order valence-corrected chi connectivity index (χ4v) is 5.15. The maximum absolute atomic E-state index is 12.2. The molecule has 44 heavy (non-hydrogen) atoms. The molecule has 232 valence electrons. The second kappa shape index (κ2) is 12.8. The molecule has 0 atom stereocenters. The number of aromatic hydroxyl groups is 1. The zero-order valence-electron chi connectivity index (χ0n) is 22.9. The maximum Gasteiger partial charge on any atom is 0.296 e. The number of hydrogen-bond donors (Lipinski definition) is 5. The molecule has 0 aliphatic rings. The summed E-state index contributed by atoms with van der Waals surface area (Å²) in [5.74, 6) is -0.0668. The van der Waals surface area contributed by atoms with Gasteiger partial charge < -0.3 is 30.2 Å². The highest BCUT2D eigenvalue weighted by Gasteiger charge is 2.25. The topological polar surface area (TPSA) is 252 Å². The van der Waals surface area contributed by atoms with Crippen LogP contribution < -0.4 is 19.9 Å². The molecule has 0 radical (unpaired) electrons. The van der Waals surface area contributed by atoms with Crippen molar-refractivity contribution < 1.29 is 50.4 Å². The number of aliphatic hydroxyl groups excluding tert-OH is 1. The molecule has 0 heterocycles. The van der Waals surface area contributed by atoms with Gasteiger partial charge in [-0.25, -0.2) is 0 Å². The van der Waals surface area contributed by atoms with Crippen LogP contribution in [-0.4, -0.2) is 63.6 Å². The first kappa shape index (κ1) is 32.0. The van der Waals surface area contributed by atoms with E-state index in [4.69, 9.17) is 25.1 Å². The number of fused-ring (bicyclic) bond motifs is 1. The molecule has 4 aromatic rings. The first-order valence-electron chi connectivity index (χ1n) is 12.2. The highest BCUT2D eigenvalue weighted by Crippen LogP contribution is 2.46. The van der Waals surface area contributed by atoms with Crippen LogP contribution in [0.15, 0.2) is 84.8 Å². The lowest BCUT2D eigenvalue weighted by Gasteiger charge is -2.12. The van der Waals surface area contributed by atoms with Gasteiger partial charge in [0.15, 0.2) is 5.75 Å². The number of hydrogen-bond acceptors (Lipinski definition) is 14. The van der Waals surface area contributed by atoms with Crippen molar-refractivity contribution >= 4 is 59.4 Å². The lowest BCUT2D eigenvalue weighted by molar-refractivity contribution is 0.201. The largest absolute Gasteiger partial charge is 0.505 e. The normalized spacial score (nSPS) is 12.3. The van der Waals surface area contributed by atoms with Gasteiger partial charge in [0.1, 0.15) is 45.8 Å². The molecule has 0 saturated carbocycles. The minimum Gasteiger partial charge on any atom is -0.505 e. The Morgan fingerprint density at radius 3 is 1.91 bits per heavy atom. The SMILES string of the molecule is COc1cc(N=Nc2c(S(=O)(=O)O)cc3cc(S(=O)(=O)O)cc(N)c3c2O)c(OC)cc1N=Nc1ccc(OCCO)cc1. The highest BCUT2D eigenvalue weighted by molar-refractivity contribution is 7.86. The molecule has 0 bridgehead atoms. The Morgan fingerprint density at radius 1 is 0.795 bits per heavy atom. The number of nitrogen functional groups attached to an aromatic ring is 1. The molecule has 0 aliphatic carbocycles. The Bertz CT molecular complexity index is 2000. The highest BCUT2D eigenvalue weighted by atomic mass is 32.2. The van der Waals surface area contributed by atoms with Crippen LogP contribution in [-0.2, 0) is 20.2 Å². The Hall–Kier alpha value is -4.88. The van der Waals surface area contributed by atoms with E-state index in [2.05, 4.69) is 20.5 Å². The van der Waals surface area contributed by atoms with E-state index >= 15 is 0 Å². The fourth-order valence-electron chi connectivity index (χ4n) is 3.94. The van der Waals surface area contributed by atoms with Crippen molar-refractivity contribution in [3.05, 3.63) is 54.6 Å². The summed E-state index contributed by atoms with van der Waals surface area (Å²) >= 11 is 0. The second-order valence-corrected chi connectivity index (χ2v) is 11.6. The number of phenolic OH excluding ortho intramolecular Hbond substituents is 1. The summed E-state index contributed by atoms with van der Waals surface area (Å²) in [6, 6.07) is 11.9. The van der Waals surface area contributed by atoms with Gasteiger partial charge in [-0.05, 0) is 47.9 Å². The molecule has 18 heteroatoms. The van der Waals surface area contributed by atoms with Gasteiger partial charge in [-0.2, -0.15) is 21.9 Å². The molecule has 6 N–H and O–H groups in total. The molecule has 0 saturated heterocycles. The second-order valence-electron chi connectivity index (χ2n) is 8.79. The number of ether oxygens (including phenoxy) is 3. The standard InChI is InChI=1S/C26H25N5O11S2/c1-40-21-13-20(22(41-2)12-19(21)29-28-15-3-5-16(6-4-15)42-8-7-32)30-31-25-23(44(37,38)39)10-14-9-17(43(34,35)36)11-18(27)24(14)26(25)33/h3-6,9-13,32-33H,7-8,27H2,1-2H3,(H,34,35,36)(H,37,38,39). The van der Waals surface area contributed by atoms with Crippen LogP contribution >= 0.6 is 0 Å². The van der Waals surface area contributed by atoms with Crippen LogP contribution in [0.4, 0.5) is 28.4 Å². The van der Waals surface area contributed by atoms with E-state index in [0.29, 0.717) is 11.4 Å². The fraction of sp³-hybridized carbons (Fsp3) is 0.154. The average Bonchev–Trinajstić information content (AvgIpc) is 2.97. The van der Waals surface area contributed by atoms with E-state index in [-0.39, 0.29) is 52.5 Å². The summed E-state index contributed by atoms with van der Waals surface area (Å²) in [6.45, 7) is 0.0178. The summed E-state index contributed by atoms with van der Waals surface area (Å²) in [5.41, 5.74) is 5.52. The van der Waals surface area contributed by atoms with Gasteiger partial charge in [0.2, 0.25) is 0 Å². The summed E-state index contributed by atoms with van der Waals surface area (Å²) < 4.78 is 82.9. The van der Waals surface area contributed by atoms with E-state index < -0.39 is 41.5 Å². The van der Waals surface area contributed by atoms with E-state index in [1.807, 2.05) is 0 Å². The van der Waals surface area contributed by atoms with Gasteiger partial charge in [-0.15, -0.1) is 15.3 Å². The van der Waals surface area contributed by atoms with Crippen LogP contribution in [0.1, 0.15) is 0 Å². The molecule has 0 aliphatic heterocycles. The van der Waals surface area contributed by atoms with Crippen LogP contribution in [0.5, 0.6) is 23.0 Å². The van der Waals surface area contributed by atoms with Gasteiger partial charge in [0, 0.05) is 23.2 Å². The van der Waals surface area contributed by atoms with Crippen molar-refractivity contribution in [1.82, 2.24) is 0 Å². The third-order valence-electron chi connectivity index (χ3n) is 5.94. The summed E-state index contributed by atoms with van der Waals surface area (Å²) in [4.78, 5) is -1.60. The number of anilines is 1. The van der Waals surface area contributed by atoms with Crippen molar-refractivity contribution in [3.63, 3.8) is 0 Å². The molecular formula is C26H25N5O11S2. The Morgan fingerprint density at radius 2 is 1.39 bits per heavy atom. The van der Waals surface area contributed by atoms with Crippen molar-refractivity contribution in [1.29, 1.82) is 0 Å². The lowest BCUT2D eigenvalue weighted by Crippen LogP contribution is -2.02. The minimum atomic E-state index is -5.06. The van der Waals surface area contributed by atoms with Gasteiger partial charge in [0.25, 0.3) is 20.2 Å². The number of azo groups is 2. The summed E-state index contributed by atoms with van der Waals surface area (Å²) in [6.07, 6.45) is 0. The van der Waals surface area contributed by atoms with E-state index in [9.17, 15) is 31.0 Å². The molecular weight excluding hydrogens is 622 g/mol. The first-order valence-corrected chi connectivity index (χ1v) is 15.1. The van der Waals surface area contributed by atoms with Crippen LogP contribution in [0.25, 0.3) is 10.8 Å². The number of aliphatic hydroxyl groups is 1. The number of nitrogens with zero attached hydrogens (tertiary/aromatic N) is 4. The molecule has 4 rings (SSSR count). The van der Waals surface area contributed by atoms with E-state index in [1.54, 1.807) is 24.3 Å². The van der Waals surface area contributed by atoms with Gasteiger partial charge in [-0.3, -0.25) is 9.11 Å². The van der Waals surface area contributed by atoms with Gasteiger partial charge in [-0.1, -0.05) is 0 Å². The summed E-state index contributed by atoms with van der Waals surface area (Å²) in [5, 5.41) is 35.5. The molecule has 16 nitrogen and oxygen atoms in total. The predicted molar refractivity (Wildman–Crippen MR) is 157 cm³/mol. The average molecular weight is 648 g/mol. The number of methoxy groups -OCH3 is 2. The number of nitrogens with two attached hydrogens (primary N) is 1. The van der Waals surface area contributed by atoms with Gasteiger partial charge >= 0.3 is 0 Å². The Labute approximate surface area is 250 Å². The van der Waals surface area contributed by atoms with E-state index in [0.717, 1.165) is 18.2 Å². The number of benzene rings is 4. The zero-order chi connectivity index (χ0) is 32.2. The van der Waals surface area contributed by atoms with Crippen LogP contribution in [0.2, 0.25) is 0 Å². The quantitative estimate of drug-likeness (QED) is 0.0833. The predicted octanol–water partition coefficient (Wildman–Crippen LogP) is 4.84. The van der Waals surface area contributed by atoms with Crippen molar-refractivity contribution in [2.75, 3.05) is 33.2 Å². The molecule has 0 fully saturated rings. The molecule has 4 aromatic carbocycles. The van der Waals surface area contributed by atoms with Crippen LogP contribution in [0, 0.1) is 0 Å². The summed E-state index contributed by atoms with van der Waals surface area (Å²) in [7, 11) is -7.14. The monoisotopic (exact) mass is 647 g/mol. The molecule has 0 spiro atoms. The maximum atomic E-state index is 12.2. The molecule has 0 unspecified atom stereocenters. The van der Waals surface area contributed by atoms with Crippen molar-refractivity contribution in [2.24, 2.45) is 20.5 Å². The molecule has 0 amide bonds. The third kappa shape index (κ3) is 7.01. The smallest absolute Gasteiger partial charge is 0.296 e. The molecule has 0 aromatic heterocycles. The third-order valence-corrected chi connectivity index (χ3v) is 7.64. The lowest BCUT2D eigenvalue weighted by atomic mass is 10.1. The minimum absolute atomic E-state index is 0.0100. The van der Waals surface area contributed by atoms with Crippen molar-refractivity contribution in [3.8, 4) is 23.0 Å². The number of rotatable bonds is 11. The van der Waals surface area contributed by atoms with E-state index in [1.165, 1.54) is 26.4 Å². The first-order chi connectivity index (χ1) is 20.8. The van der Waals surface area contributed by atoms with Crippen molar-refractivity contribution in [2.45, 2.75) is 9.79 Å². The Balaban J connectivity index is 1.77. The zero-order valence-corrected chi connectivity index (χ0v) is 24.6. The number of phenols is 1. The van der Waals surface area contributed by atoms with Crippen LogP contribution in [0.3, 0.4) is 0 Å². The van der Waals surface area contributed by atoms with Gasteiger partial charge in [0.05, 0.1) is 31.4 Å². The Kier molecular flexibility index (Phi) is 9.30.